The number of allylic oxidation sites excluding steroid dienone is 4. The Morgan fingerprint density at radius 1 is 1.03 bits per heavy atom. The van der Waals surface area contributed by atoms with Crippen molar-refractivity contribution in [2.24, 2.45) is 29.1 Å². The van der Waals surface area contributed by atoms with E-state index in [1.165, 1.54) is 27.2 Å². The second kappa shape index (κ2) is 9.97. The number of hydrogen-bond donors (Lipinski definition) is 2. The molecule has 3 nitrogen and oxygen atoms in total. The molecule has 0 aliphatic heterocycles. The van der Waals surface area contributed by atoms with Crippen molar-refractivity contribution in [1.82, 2.24) is 0 Å². The number of benzene rings is 2. The van der Waals surface area contributed by atoms with E-state index in [1.807, 2.05) is 12.2 Å². The van der Waals surface area contributed by atoms with Gasteiger partial charge in [0.1, 0.15) is 0 Å². The zero-order chi connectivity index (χ0) is 26.5. The van der Waals surface area contributed by atoms with Crippen molar-refractivity contribution in [1.29, 1.82) is 0 Å². The fourth-order valence-electron chi connectivity index (χ4n) is 8.39. The summed E-state index contributed by atoms with van der Waals surface area (Å²) in [5, 5.41) is 21.4. The topological polar surface area (TPSA) is 57.5 Å². The lowest BCUT2D eigenvalue weighted by Gasteiger charge is -2.57. The first-order valence-corrected chi connectivity index (χ1v) is 15.3. The Balaban J connectivity index is 1.41. The van der Waals surface area contributed by atoms with Crippen molar-refractivity contribution < 1.29 is 15.0 Å². The predicted molar refractivity (Wildman–Crippen MR) is 155 cm³/mol. The summed E-state index contributed by atoms with van der Waals surface area (Å²) in [6, 6.07) is 17.8. The van der Waals surface area contributed by atoms with Crippen molar-refractivity contribution >= 4 is 17.5 Å². The van der Waals surface area contributed by atoms with Gasteiger partial charge in [0.2, 0.25) is 0 Å². The number of aliphatic hydroxyl groups excluding tert-OH is 1. The number of carbonyl (C=O) groups is 1. The Bertz CT molecular complexity index is 1290. The molecule has 2 aromatic carbocycles. The van der Waals surface area contributed by atoms with E-state index >= 15 is 0 Å². The molecule has 2 aromatic rings. The van der Waals surface area contributed by atoms with Crippen LogP contribution in [0.1, 0.15) is 50.5 Å². The summed E-state index contributed by atoms with van der Waals surface area (Å²) >= 11 is 1.76. The summed E-state index contributed by atoms with van der Waals surface area (Å²) < 4.78 is 0. The molecule has 198 valence electrons. The Morgan fingerprint density at radius 2 is 1.74 bits per heavy atom. The van der Waals surface area contributed by atoms with Gasteiger partial charge < -0.3 is 10.2 Å². The van der Waals surface area contributed by atoms with E-state index in [9.17, 15) is 15.0 Å². The second-order valence-corrected chi connectivity index (χ2v) is 12.9. The molecule has 2 saturated carbocycles. The van der Waals surface area contributed by atoms with Crippen LogP contribution in [0.15, 0.2) is 89.4 Å². The predicted octanol–water partition coefficient (Wildman–Crippen LogP) is 6.97. The maximum atomic E-state index is 12.3. The van der Waals surface area contributed by atoms with Gasteiger partial charge in [0.05, 0.1) is 12.2 Å². The van der Waals surface area contributed by atoms with Gasteiger partial charge in [-0.05, 0) is 102 Å². The summed E-state index contributed by atoms with van der Waals surface area (Å²) in [5.41, 5.74) is 3.76. The van der Waals surface area contributed by atoms with Crippen LogP contribution in [-0.4, -0.2) is 34.5 Å². The van der Waals surface area contributed by atoms with Crippen LogP contribution in [0.5, 0.6) is 0 Å². The van der Waals surface area contributed by atoms with Crippen molar-refractivity contribution in [3.05, 3.63) is 90.0 Å². The van der Waals surface area contributed by atoms with E-state index in [1.54, 1.807) is 17.8 Å². The van der Waals surface area contributed by atoms with Gasteiger partial charge in [-0.15, -0.1) is 11.8 Å². The minimum atomic E-state index is -0.922. The third-order valence-electron chi connectivity index (χ3n) is 10.4. The first kappa shape index (κ1) is 25.9. The average Bonchev–Trinajstić information content (AvgIpc) is 3.21. The molecule has 2 N–H and O–H groups in total. The van der Waals surface area contributed by atoms with Crippen molar-refractivity contribution in [3.63, 3.8) is 0 Å². The molecular formula is C34H38O3S. The number of hydrogen-bond acceptors (Lipinski definition) is 4. The minimum absolute atomic E-state index is 0.0535. The summed E-state index contributed by atoms with van der Waals surface area (Å²) in [7, 11) is 0. The highest BCUT2D eigenvalue weighted by Gasteiger charge is 2.63. The van der Waals surface area contributed by atoms with E-state index in [0.29, 0.717) is 30.1 Å². The first-order chi connectivity index (χ1) is 18.4. The molecule has 2 fully saturated rings. The Labute approximate surface area is 230 Å². The van der Waals surface area contributed by atoms with Crippen LogP contribution >= 0.6 is 11.8 Å². The molecule has 0 radical (unpaired) electrons. The van der Waals surface area contributed by atoms with Gasteiger partial charge in [0, 0.05) is 16.7 Å². The molecule has 0 unspecified atom stereocenters. The van der Waals surface area contributed by atoms with Crippen molar-refractivity contribution in [3.8, 4) is 11.1 Å². The highest BCUT2D eigenvalue weighted by molar-refractivity contribution is 7.98. The fraction of sp³-hybridized carbons (Fsp3) is 0.441. The van der Waals surface area contributed by atoms with Gasteiger partial charge in [-0.25, -0.2) is 0 Å². The van der Waals surface area contributed by atoms with Crippen LogP contribution in [0.2, 0.25) is 0 Å². The van der Waals surface area contributed by atoms with E-state index < -0.39 is 5.60 Å². The summed E-state index contributed by atoms with van der Waals surface area (Å²) in [6.45, 7) is 2.23. The quantitative estimate of drug-likeness (QED) is 0.326. The SMILES string of the molecule is CSc1ccc(-c2ccc([C@H]3C[C@@]4(C)[C@@H](CC[C@@]4(O)/C=C\CO)[C@@H]4C=CC5=CC(=O)CC[C@@H]5[C@H]43)cc2)cc1. The molecule has 4 aliphatic rings. The van der Waals surface area contributed by atoms with Crippen molar-refractivity contribution in [2.45, 2.75) is 55.4 Å². The lowest BCUT2D eigenvalue weighted by molar-refractivity contribution is -0.116. The molecule has 7 atom stereocenters. The summed E-state index contributed by atoms with van der Waals surface area (Å²) in [4.78, 5) is 13.6. The molecule has 0 heterocycles. The monoisotopic (exact) mass is 526 g/mol. The first-order valence-electron chi connectivity index (χ1n) is 14.0. The number of thioether (sulfide) groups is 1. The van der Waals surface area contributed by atoms with Crippen LogP contribution < -0.4 is 0 Å². The third kappa shape index (κ3) is 4.16. The van der Waals surface area contributed by atoms with Crippen molar-refractivity contribution in [2.75, 3.05) is 12.9 Å². The molecule has 38 heavy (non-hydrogen) atoms. The van der Waals surface area contributed by atoms with E-state index in [2.05, 4.69) is 73.9 Å². The number of fused-ring (bicyclic) bond motifs is 5. The number of carbonyl (C=O) groups excluding carboxylic acids is 1. The standard InChI is InChI=1S/C34H38O3S/c1-33-21-30(24-6-4-22(5-7-24)23-8-12-27(38-2)13-9-23)32-28-15-11-26(36)20-25(28)10-14-29(32)31(33)16-18-34(33,37)17-3-19-35/h3-10,12-14,17,20,28-32,35,37H,11,15-16,18-19,21H2,1-2H3/b17-3-/t28-,29-,30+,31-,32+,33-,34-/m0/s1. The molecular weight excluding hydrogens is 488 g/mol. The van der Waals surface area contributed by atoms with Crippen LogP contribution in [0, 0.1) is 29.1 Å². The third-order valence-corrected chi connectivity index (χ3v) is 11.1. The summed E-state index contributed by atoms with van der Waals surface area (Å²) in [6.07, 6.45) is 16.3. The maximum absolute atomic E-state index is 12.3. The maximum Gasteiger partial charge on any atom is 0.155 e. The Hall–Kier alpha value is -2.40. The molecule has 6 rings (SSSR count). The largest absolute Gasteiger partial charge is 0.392 e. The highest BCUT2D eigenvalue weighted by atomic mass is 32.2. The Morgan fingerprint density at radius 3 is 2.42 bits per heavy atom. The lowest BCUT2D eigenvalue weighted by Crippen LogP contribution is -2.53. The van der Waals surface area contributed by atoms with E-state index in [-0.39, 0.29) is 23.7 Å². The molecule has 4 aliphatic carbocycles. The van der Waals surface area contributed by atoms with Crippen LogP contribution in [0.4, 0.5) is 0 Å². The van der Waals surface area contributed by atoms with Crippen LogP contribution in [0.25, 0.3) is 11.1 Å². The molecule has 0 saturated heterocycles. The van der Waals surface area contributed by atoms with Gasteiger partial charge in [-0.2, -0.15) is 0 Å². The fourth-order valence-corrected chi connectivity index (χ4v) is 8.80. The van der Waals surface area contributed by atoms with Crippen LogP contribution in [0.3, 0.4) is 0 Å². The smallest absolute Gasteiger partial charge is 0.155 e. The van der Waals surface area contributed by atoms with Gasteiger partial charge in [0.25, 0.3) is 0 Å². The molecule has 0 amide bonds. The highest BCUT2D eigenvalue weighted by Crippen LogP contribution is 2.67. The van der Waals surface area contributed by atoms with Gasteiger partial charge in [-0.1, -0.05) is 67.6 Å². The molecule has 4 heteroatoms. The zero-order valence-electron chi connectivity index (χ0n) is 22.3. The molecule has 0 spiro atoms. The normalized spacial score (nSPS) is 36.1. The van der Waals surface area contributed by atoms with Crippen LogP contribution in [-0.2, 0) is 4.79 Å². The molecule has 0 bridgehead atoms. The minimum Gasteiger partial charge on any atom is -0.392 e. The van der Waals surface area contributed by atoms with Gasteiger partial charge >= 0.3 is 0 Å². The lowest BCUT2D eigenvalue weighted by atomic mass is 9.48. The Kier molecular flexibility index (Phi) is 6.78. The number of aliphatic hydroxyl groups is 2. The van der Waals surface area contributed by atoms with E-state index in [4.69, 9.17) is 0 Å². The number of rotatable bonds is 5. The molecule has 0 aromatic heterocycles. The average molecular weight is 527 g/mol. The van der Waals surface area contributed by atoms with Gasteiger partial charge in [0.15, 0.2) is 5.78 Å². The van der Waals surface area contributed by atoms with E-state index in [0.717, 1.165) is 25.7 Å². The van der Waals surface area contributed by atoms with Gasteiger partial charge in [-0.3, -0.25) is 4.79 Å². The summed E-state index contributed by atoms with van der Waals surface area (Å²) in [5.74, 6) is 2.09. The number of ketones is 1. The second-order valence-electron chi connectivity index (χ2n) is 12.0. The zero-order valence-corrected chi connectivity index (χ0v) is 23.2.